The highest BCUT2D eigenvalue weighted by molar-refractivity contribution is 5.63. The van der Waals surface area contributed by atoms with E-state index in [1.807, 2.05) is 10.6 Å². The first kappa shape index (κ1) is 14.8. The van der Waals surface area contributed by atoms with Gasteiger partial charge in [0, 0.05) is 44.5 Å². The summed E-state index contributed by atoms with van der Waals surface area (Å²) >= 11 is 0. The standard InChI is InChI=1S/C16H20N8O/c1-5-22(10-13-19-21-16(25-13)12-2-3-12)8-9-23(6-1)14-15-20-18-11-24(15)7-4-17-14/h4,7,11-12H,1-3,5-6,8-10H2. The maximum absolute atomic E-state index is 5.80. The lowest BCUT2D eigenvalue weighted by Gasteiger charge is -2.22. The molecule has 3 aromatic rings. The molecule has 1 saturated carbocycles. The molecule has 2 fully saturated rings. The highest BCUT2D eigenvalue weighted by Gasteiger charge is 2.29. The molecule has 9 nitrogen and oxygen atoms in total. The molecular formula is C16H20N8O. The summed E-state index contributed by atoms with van der Waals surface area (Å²) in [5.41, 5.74) is 0.807. The third kappa shape index (κ3) is 2.95. The summed E-state index contributed by atoms with van der Waals surface area (Å²) in [7, 11) is 0. The molecule has 0 radical (unpaired) electrons. The molecule has 0 aromatic carbocycles. The van der Waals surface area contributed by atoms with Crippen molar-refractivity contribution in [2.75, 3.05) is 31.1 Å². The molecule has 9 heteroatoms. The van der Waals surface area contributed by atoms with Crippen LogP contribution in [-0.2, 0) is 6.54 Å². The lowest BCUT2D eigenvalue weighted by molar-refractivity contribution is 0.252. The Bertz CT molecular complexity index is 870. The van der Waals surface area contributed by atoms with Crippen LogP contribution in [0.2, 0.25) is 0 Å². The van der Waals surface area contributed by atoms with Crippen molar-refractivity contribution < 1.29 is 4.42 Å². The van der Waals surface area contributed by atoms with Crippen molar-refractivity contribution in [3.8, 4) is 0 Å². The molecule has 0 atom stereocenters. The monoisotopic (exact) mass is 340 g/mol. The third-order valence-corrected chi connectivity index (χ3v) is 4.85. The summed E-state index contributed by atoms with van der Waals surface area (Å²) in [6, 6.07) is 0. The third-order valence-electron chi connectivity index (χ3n) is 4.85. The Labute approximate surface area is 144 Å². The average molecular weight is 340 g/mol. The molecule has 4 heterocycles. The normalized spacial score (nSPS) is 19.4. The van der Waals surface area contributed by atoms with Gasteiger partial charge in [0.05, 0.1) is 6.54 Å². The first-order chi connectivity index (χ1) is 12.4. The van der Waals surface area contributed by atoms with E-state index in [0.29, 0.717) is 5.92 Å². The van der Waals surface area contributed by atoms with Crippen molar-refractivity contribution in [2.45, 2.75) is 31.7 Å². The van der Waals surface area contributed by atoms with Crippen molar-refractivity contribution in [1.29, 1.82) is 0 Å². The van der Waals surface area contributed by atoms with E-state index >= 15 is 0 Å². The van der Waals surface area contributed by atoms with Gasteiger partial charge < -0.3 is 9.32 Å². The Morgan fingerprint density at radius 3 is 2.96 bits per heavy atom. The largest absolute Gasteiger partial charge is 0.424 e. The van der Waals surface area contributed by atoms with Crippen LogP contribution in [0.5, 0.6) is 0 Å². The molecule has 5 rings (SSSR count). The van der Waals surface area contributed by atoms with Gasteiger partial charge in [0.25, 0.3) is 0 Å². The molecule has 2 aliphatic rings. The minimum absolute atomic E-state index is 0.510. The van der Waals surface area contributed by atoms with Crippen LogP contribution >= 0.6 is 0 Å². The molecule has 0 unspecified atom stereocenters. The van der Waals surface area contributed by atoms with Gasteiger partial charge in [-0.25, -0.2) is 4.98 Å². The van der Waals surface area contributed by atoms with Crippen LogP contribution in [0.4, 0.5) is 5.82 Å². The fourth-order valence-corrected chi connectivity index (χ4v) is 3.33. The van der Waals surface area contributed by atoms with Crippen molar-refractivity contribution in [3.05, 3.63) is 30.5 Å². The minimum atomic E-state index is 0.510. The van der Waals surface area contributed by atoms with E-state index in [1.165, 1.54) is 12.8 Å². The van der Waals surface area contributed by atoms with Gasteiger partial charge in [0.15, 0.2) is 5.82 Å². The van der Waals surface area contributed by atoms with E-state index in [0.717, 1.165) is 62.4 Å². The fraction of sp³-hybridized carbons (Fsp3) is 0.562. The van der Waals surface area contributed by atoms with Crippen LogP contribution < -0.4 is 4.90 Å². The van der Waals surface area contributed by atoms with Gasteiger partial charge in [-0.05, 0) is 19.3 Å². The number of nitrogens with zero attached hydrogens (tertiary/aromatic N) is 8. The fourth-order valence-electron chi connectivity index (χ4n) is 3.33. The zero-order valence-corrected chi connectivity index (χ0v) is 14.0. The summed E-state index contributed by atoms with van der Waals surface area (Å²) in [6.07, 6.45) is 8.79. The second kappa shape index (κ2) is 6.07. The summed E-state index contributed by atoms with van der Waals surface area (Å²) < 4.78 is 7.70. The second-order valence-corrected chi connectivity index (χ2v) is 6.74. The molecule has 1 saturated heterocycles. The van der Waals surface area contributed by atoms with Crippen LogP contribution in [0.25, 0.3) is 5.65 Å². The van der Waals surface area contributed by atoms with Crippen LogP contribution in [0.1, 0.15) is 37.0 Å². The van der Waals surface area contributed by atoms with E-state index in [-0.39, 0.29) is 0 Å². The summed E-state index contributed by atoms with van der Waals surface area (Å²) in [5.74, 6) is 2.95. The summed E-state index contributed by atoms with van der Waals surface area (Å²) in [4.78, 5) is 9.18. The molecule has 3 aromatic heterocycles. The number of anilines is 1. The van der Waals surface area contributed by atoms with Crippen LogP contribution in [0.3, 0.4) is 0 Å². The molecule has 0 spiro atoms. The molecule has 1 aliphatic heterocycles. The second-order valence-electron chi connectivity index (χ2n) is 6.74. The first-order valence-electron chi connectivity index (χ1n) is 8.81. The maximum atomic E-state index is 5.80. The Hall–Kier alpha value is -2.55. The van der Waals surface area contributed by atoms with Gasteiger partial charge in [0.2, 0.25) is 17.4 Å². The van der Waals surface area contributed by atoms with E-state index in [9.17, 15) is 0 Å². The predicted molar refractivity (Wildman–Crippen MR) is 89.2 cm³/mol. The van der Waals surface area contributed by atoms with Crippen molar-refractivity contribution in [3.63, 3.8) is 0 Å². The Kier molecular flexibility index (Phi) is 3.58. The van der Waals surface area contributed by atoms with Crippen molar-refractivity contribution >= 4 is 11.5 Å². The van der Waals surface area contributed by atoms with Gasteiger partial charge in [-0.1, -0.05) is 0 Å². The van der Waals surface area contributed by atoms with Gasteiger partial charge in [-0.2, -0.15) is 0 Å². The summed E-state index contributed by atoms with van der Waals surface area (Å²) in [6.45, 7) is 4.50. The minimum Gasteiger partial charge on any atom is -0.424 e. The first-order valence-corrected chi connectivity index (χ1v) is 8.81. The molecule has 25 heavy (non-hydrogen) atoms. The van der Waals surface area contributed by atoms with Crippen LogP contribution in [-0.4, -0.2) is 60.9 Å². The van der Waals surface area contributed by atoms with Gasteiger partial charge in [0.1, 0.15) is 6.33 Å². The molecule has 0 N–H and O–H groups in total. The number of hydrogen-bond donors (Lipinski definition) is 0. The van der Waals surface area contributed by atoms with Gasteiger partial charge >= 0.3 is 0 Å². The highest BCUT2D eigenvalue weighted by atomic mass is 16.4. The average Bonchev–Trinajstić information content (AvgIpc) is 3.26. The lowest BCUT2D eigenvalue weighted by atomic mass is 10.3. The number of hydrogen-bond acceptors (Lipinski definition) is 8. The van der Waals surface area contributed by atoms with E-state index in [1.54, 1.807) is 12.5 Å². The topological polar surface area (TPSA) is 88.5 Å². The van der Waals surface area contributed by atoms with Crippen molar-refractivity contribution in [1.82, 2.24) is 34.7 Å². The number of rotatable bonds is 4. The number of fused-ring (bicyclic) bond motifs is 1. The van der Waals surface area contributed by atoms with Gasteiger partial charge in [-0.15, -0.1) is 20.4 Å². The molecule has 0 amide bonds. The molecule has 130 valence electrons. The van der Waals surface area contributed by atoms with E-state index < -0.39 is 0 Å². The van der Waals surface area contributed by atoms with E-state index in [2.05, 4.69) is 35.2 Å². The predicted octanol–water partition coefficient (Wildman–Crippen LogP) is 1.10. The lowest BCUT2D eigenvalue weighted by Crippen LogP contribution is -2.31. The van der Waals surface area contributed by atoms with E-state index in [4.69, 9.17) is 4.42 Å². The number of aromatic nitrogens is 6. The smallest absolute Gasteiger partial charge is 0.230 e. The zero-order valence-electron chi connectivity index (χ0n) is 14.0. The highest BCUT2D eigenvalue weighted by Crippen LogP contribution is 2.39. The maximum Gasteiger partial charge on any atom is 0.230 e. The molecular weight excluding hydrogens is 320 g/mol. The Morgan fingerprint density at radius 1 is 1.08 bits per heavy atom. The summed E-state index contributed by atoms with van der Waals surface area (Å²) in [5, 5.41) is 16.6. The Balaban J connectivity index is 1.27. The molecule has 1 aliphatic carbocycles. The van der Waals surface area contributed by atoms with Crippen LogP contribution in [0, 0.1) is 0 Å². The van der Waals surface area contributed by atoms with Gasteiger partial charge in [-0.3, -0.25) is 9.30 Å². The molecule has 0 bridgehead atoms. The van der Waals surface area contributed by atoms with Crippen LogP contribution in [0.15, 0.2) is 23.1 Å². The Morgan fingerprint density at radius 2 is 2.04 bits per heavy atom. The zero-order chi connectivity index (χ0) is 16.6. The van der Waals surface area contributed by atoms with Crippen molar-refractivity contribution in [2.24, 2.45) is 0 Å². The quantitative estimate of drug-likeness (QED) is 0.697. The SMILES string of the molecule is c1cn2cnnc2c(N2CCCN(Cc3nnc(C4CC4)o3)CC2)n1.